The minimum Gasteiger partial charge on any atom is -0.464 e. The number of nitrogens with zero attached hydrogens (tertiary/aromatic N) is 1. The minimum absolute atomic E-state index is 0.153. The first kappa shape index (κ1) is 16.6. The minimum atomic E-state index is -0.485. The number of likely N-dealkylation sites (N-methyl/N-ethyl adjacent to an activating group) is 1. The maximum absolute atomic E-state index is 11.2. The Morgan fingerprint density at radius 3 is 2.44 bits per heavy atom. The van der Waals surface area contributed by atoms with E-state index in [9.17, 15) is 9.59 Å². The largest absolute Gasteiger partial charge is 0.464 e. The van der Waals surface area contributed by atoms with Crippen molar-refractivity contribution < 1.29 is 23.8 Å². The summed E-state index contributed by atoms with van der Waals surface area (Å²) in [6.45, 7) is 5.00. The van der Waals surface area contributed by atoms with E-state index >= 15 is 0 Å². The Kier molecular flexibility index (Phi) is 9.90. The van der Waals surface area contributed by atoms with Gasteiger partial charge in [-0.3, -0.25) is 4.79 Å². The zero-order valence-corrected chi connectivity index (χ0v) is 11.0. The molecule has 0 saturated heterocycles. The molecule has 6 nitrogen and oxygen atoms in total. The molecule has 0 N–H and O–H groups in total. The Balaban J connectivity index is 3.30. The van der Waals surface area contributed by atoms with Gasteiger partial charge in [0.05, 0.1) is 19.6 Å². The molecular formula is C12H21NO5. The number of esters is 2. The molecule has 0 aliphatic rings. The molecule has 0 radical (unpaired) electrons. The third-order valence-corrected chi connectivity index (χ3v) is 1.89. The lowest BCUT2D eigenvalue weighted by molar-refractivity contribution is -0.146. The molecule has 0 heterocycles. The molecule has 0 saturated carbocycles. The van der Waals surface area contributed by atoms with Crippen molar-refractivity contribution in [3.63, 3.8) is 0 Å². The van der Waals surface area contributed by atoms with Crippen molar-refractivity contribution in [3.05, 3.63) is 12.7 Å². The summed E-state index contributed by atoms with van der Waals surface area (Å²) in [5.74, 6) is -0.776. The second kappa shape index (κ2) is 10.7. The van der Waals surface area contributed by atoms with Gasteiger partial charge in [0.1, 0.15) is 13.2 Å². The molecule has 0 rings (SSSR count). The summed E-state index contributed by atoms with van der Waals surface area (Å²) < 4.78 is 14.7. The molecule has 0 aliphatic heterocycles. The van der Waals surface area contributed by atoms with Gasteiger partial charge in [-0.1, -0.05) is 6.58 Å². The normalized spacial score (nSPS) is 10.2. The summed E-state index contributed by atoms with van der Waals surface area (Å²) in [5.41, 5.74) is 0. The highest BCUT2D eigenvalue weighted by Crippen LogP contribution is 1.90. The van der Waals surface area contributed by atoms with E-state index in [1.807, 2.05) is 19.0 Å². The molecule has 0 spiro atoms. The molecule has 18 heavy (non-hydrogen) atoms. The van der Waals surface area contributed by atoms with Crippen molar-refractivity contribution >= 4 is 11.9 Å². The van der Waals surface area contributed by atoms with E-state index in [0.29, 0.717) is 13.2 Å². The predicted octanol–water partition coefficient (Wildman–Crippen LogP) is 0.227. The topological polar surface area (TPSA) is 65.1 Å². The van der Waals surface area contributed by atoms with E-state index < -0.39 is 5.97 Å². The molecule has 0 atom stereocenters. The first-order chi connectivity index (χ1) is 8.56. The number of carbonyl (C=O) groups is 2. The van der Waals surface area contributed by atoms with Gasteiger partial charge in [-0.2, -0.15) is 0 Å². The number of hydrogen-bond donors (Lipinski definition) is 0. The molecule has 0 fully saturated rings. The van der Waals surface area contributed by atoms with Gasteiger partial charge in [-0.05, 0) is 14.1 Å². The fraction of sp³-hybridized carbons (Fsp3) is 0.667. The Morgan fingerprint density at radius 1 is 1.11 bits per heavy atom. The highest BCUT2D eigenvalue weighted by Gasteiger charge is 2.03. The lowest BCUT2D eigenvalue weighted by Crippen LogP contribution is -2.20. The van der Waals surface area contributed by atoms with Crippen molar-refractivity contribution in [3.8, 4) is 0 Å². The van der Waals surface area contributed by atoms with Crippen LogP contribution in [0.25, 0.3) is 0 Å². The van der Waals surface area contributed by atoms with E-state index in [-0.39, 0.29) is 32.2 Å². The smallest absolute Gasteiger partial charge is 0.330 e. The molecule has 0 aromatic rings. The average molecular weight is 259 g/mol. The average Bonchev–Trinajstić information content (AvgIpc) is 2.32. The first-order valence-corrected chi connectivity index (χ1v) is 5.73. The fourth-order valence-electron chi connectivity index (χ4n) is 0.932. The Bertz CT molecular complexity index is 265. The highest BCUT2D eigenvalue weighted by molar-refractivity contribution is 5.81. The van der Waals surface area contributed by atoms with E-state index in [2.05, 4.69) is 11.3 Å². The second-order valence-electron chi connectivity index (χ2n) is 3.76. The highest BCUT2D eigenvalue weighted by atomic mass is 16.6. The lowest BCUT2D eigenvalue weighted by atomic mass is 10.4. The predicted molar refractivity (Wildman–Crippen MR) is 66.1 cm³/mol. The lowest BCUT2D eigenvalue weighted by Gasteiger charge is -2.10. The van der Waals surface area contributed by atoms with Crippen LogP contribution in [0.4, 0.5) is 0 Å². The SMILES string of the molecule is C=CC(=O)OCCOCCC(=O)OCCN(C)C. The first-order valence-electron chi connectivity index (χ1n) is 5.73. The third kappa shape index (κ3) is 11.1. The third-order valence-electron chi connectivity index (χ3n) is 1.89. The van der Waals surface area contributed by atoms with Gasteiger partial charge in [0.15, 0.2) is 0 Å². The number of carbonyl (C=O) groups excluding carboxylic acids is 2. The van der Waals surface area contributed by atoms with E-state index in [1.54, 1.807) is 0 Å². The summed E-state index contributed by atoms with van der Waals surface area (Å²) in [4.78, 5) is 23.8. The fourth-order valence-corrected chi connectivity index (χ4v) is 0.932. The number of ether oxygens (including phenoxy) is 3. The van der Waals surface area contributed by atoms with Crippen LogP contribution in [-0.4, -0.2) is 63.9 Å². The van der Waals surface area contributed by atoms with Crippen molar-refractivity contribution in [2.45, 2.75) is 6.42 Å². The Hall–Kier alpha value is -1.40. The standard InChI is InChI=1S/C12H21NO5/c1-4-11(14)18-10-9-16-7-5-12(15)17-8-6-13(2)3/h4H,1,5-10H2,2-3H3. The van der Waals surface area contributed by atoms with Crippen LogP contribution in [0.1, 0.15) is 6.42 Å². The summed E-state index contributed by atoms with van der Waals surface area (Å²) >= 11 is 0. The number of hydrogen-bond acceptors (Lipinski definition) is 6. The summed E-state index contributed by atoms with van der Waals surface area (Å²) in [6, 6.07) is 0. The molecule has 0 unspecified atom stereocenters. The van der Waals surface area contributed by atoms with Crippen LogP contribution >= 0.6 is 0 Å². The van der Waals surface area contributed by atoms with Gasteiger partial charge in [-0.15, -0.1) is 0 Å². The van der Waals surface area contributed by atoms with Gasteiger partial charge in [0.25, 0.3) is 0 Å². The molecule has 6 heteroatoms. The van der Waals surface area contributed by atoms with Gasteiger partial charge < -0.3 is 19.1 Å². The summed E-state index contributed by atoms with van der Waals surface area (Å²) in [5, 5.41) is 0. The molecule has 0 bridgehead atoms. The molecule has 104 valence electrons. The van der Waals surface area contributed by atoms with Crippen LogP contribution in [-0.2, 0) is 23.8 Å². The van der Waals surface area contributed by atoms with E-state index in [0.717, 1.165) is 6.08 Å². The molecule has 0 aromatic heterocycles. The maximum atomic E-state index is 11.2. The van der Waals surface area contributed by atoms with Crippen LogP contribution in [0, 0.1) is 0 Å². The monoisotopic (exact) mass is 259 g/mol. The van der Waals surface area contributed by atoms with E-state index in [4.69, 9.17) is 9.47 Å². The Morgan fingerprint density at radius 2 is 1.83 bits per heavy atom. The van der Waals surface area contributed by atoms with Gasteiger partial charge in [-0.25, -0.2) is 4.79 Å². The van der Waals surface area contributed by atoms with Crippen LogP contribution in [0.2, 0.25) is 0 Å². The van der Waals surface area contributed by atoms with Crippen LogP contribution in [0.5, 0.6) is 0 Å². The zero-order valence-electron chi connectivity index (χ0n) is 11.0. The van der Waals surface area contributed by atoms with Gasteiger partial charge in [0.2, 0.25) is 0 Å². The second-order valence-corrected chi connectivity index (χ2v) is 3.76. The van der Waals surface area contributed by atoms with Gasteiger partial charge in [0, 0.05) is 12.6 Å². The van der Waals surface area contributed by atoms with Crippen molar-refractivity contribution in [2.75, 3.05) is 47.1 Å². The molecule has 0 aliphatic carbocycles. The van der Waals surface area contributed by atoms with Gasteiger partial charge >= 0.3 is 11.9 Å². The van der Waals surface area contributed by atoms with Crippen molar-refractivity contribution in [2.24, 2.45) is 0 Å². The van der Waals surface area contributed by atoms with Crippen LogP contribution in [0.15, 0.2) is 12.7 Å². The summed E-state index contributed by atoms with van der Waals surface area (Å²) in [6.07, 6.45) is 1.28. The van der Waals surface area contributed by atoms with Crippen molar-refractivity contribution in [1.82, 2.24) is 4.90 Å². The maximum Gasteiger partial charge on any atom is 0.330 e. The van der Waals surface area contributed by atoms with Crippen LogP contribution in [0.3, 0.4) is 0 Å². The quantitative estimate of drug-likeness (QED) is 0.318. The Labute approximate surface area is 107 Å². The van der Waals surface area contributed by atoms with Crippen LogP contribution < -0.4 is 0 Å². The molecule has 0 aromatic carbocycles. The van der Waals surface area contributed by atoms with Crippen molar-refractivity contribution in [1.29, 1.82) is 0 Å². The summed E-state index contributed by atoms with van der Waals surface area (Å²) in [7, 11) is 3.81. The number of rotatable bonds is 10. The van der Waals surface area contributed by atoms with E-state index in [1.165, 1.54) is 0 Å². The molecular weight excluding hydrogens is 238 g/mol. The molecule has 0 amide bonds. The zero-order chi connectivity index (χ0) is 13.8.